The predicted molar refractivity (Wildman–Crippen MR) is 70.6 cm³/mol. The molecule has 1 heterocycles. The van der Waals surface area contributed by atoms with E-state index in [2.05, 4.69) is 32.6 Å². The Morgan fingerprint density at radius 1 is 1.06 bits per heavy atom. The molecule has 1 spiro atoms. The average Bonchev–Trinajstić information content (AvgIpc) is 2.66. The molecule has 1 saturated heterocycles. The lowest BCUT2D eigenvalue weighted by Gasteiger charge is -2.49. The van der Waals surface area contributed by atoms with E-state index in [1.165, 1.54) is 45.2 Å². The van der Waals surface area contributed by atoms with Gasteiger partial charge in [0, 0.05) is 12.6 Å². The molecule has 0 aromatic heterocycles. The minimum atomic E-state index is 0.691. The minimum absolute atomic E-state index is 0.691. The van der Waals surface area contributed by atoms with Crippen LogP contribution in [0.5, 0.6) is 0 Å². The van der Waals surface area contributed by atoms with Gasteiger partial charge in [-0.2, -0.15) is 0 Å². The van der Waals surface area contributed by atoms with Gasteiger partial charge >= 0.3 is 0 Å². The van der Waals surface area contributed by atoms with Crippen LogP contribution in [0.1, 0.15) is 59.8 Å². The summed E-state index contributed by atoms with van der Waals surface area (Å²) in [6, 6.07) is 0.741. The molecule has 0 aromatic carbocycles. The highest BCUT2D eigenvalue weighted by molar-refractivity contribution is 4.97. The van der Waals surface area contributed by atoms with E-state index in [1.807, 2.05) is 0 Å². The summed E-state index contributed by atoms with van der Waals surface area (Å²) in [4.78, 5) is 2.73. The number of piperidine rings is 1. The Labute approximate surface area is 102 Å². The van der Waals surface area contributed by atoms with Gasteiger partial charge in [0.1, 0.15) is 0 Å². The fourth-order valence-corrected chi connectivity index (χ4v) is 4.30. The first-order chi connectivity index (χ1) is 7.55. The largest absolute Gasteiger partial charge is 0.300 e. The van der Waals surface area contributed by atoms with Crippen LogP contribution in [0, 0.1) is 17.3 Å². The average molecular weight is 223 g/mol. The van der Waals surface area contributed by atoms with Crippen LogP contribution in [0.3, 0.4) is 0 Å². The third kappa shape index (κ3) is 2.16. The zero-order chi connectivity index (χ0) is 11.8. The first kappa shape index (κ1) is 12.4. The summed E-state index contributed by atoms with van der Waals surface area (Å²) in [5, 5.41) is 0. The van der Waals surface area contributed by atoms with Crippen LogP contribution in [0.4, 0.5) is 0 Å². The first-order valence-corrected chi connectivity index (χ1v) is 7.29. The molecule has 1 heteroatoms. The third-order valence-corrected chi connectivity index (χ3v) is 5.17. The van der Waals surface area contributed by atoms with E-state index in [1.54, 1.807) is 0 Å². The molecular formula is C15H29N. The number of rotatable bonds is 2. The lowest BCUT2D eigenvalue weighted by atomic mass is 9.65. The van der Waals surface area contributed by atoms with Crippen molar-refractivity contribution >= 4 is 0 Å². The number of nitrogens with zero attached hydrogens (tertiary/aromatic N) is 1. The van der Waals surface area contributed by atoms with Gasteiger partial charge in [-0.3, -0.25) is 0 Å². The Morgan fingerprint density at radius 2 is 1.69 bits per heavy atom. The minimum Gasteiger partial charge on any atom is -0.300 e. The maximum absolute atomic E-state index is 2.73. The van der Waals surface area contributed by atoms with Gasteiger partial charge in [0.05, 0.1) is 0 Å². The van der Waals surface area contributed by atoms with Crippen molar-refractivity contribution in [1.82, 2.24) is 4.90 Å². The van der Waals surface area contributed by atoms with Gasteiger partial charge in [0.2, 0.25) is 0 Å². The SMILES string of the molecule is CC(C)C1CCN(C(C)C)CC12CCCC2. The Hall–Kier alpha value is -0.0400. The lowest BCUT2D eigenvalue weighted by molar-refractivity contribution is -0.00633. The maximum atomic E-state index is 2.73. The van der Waals surface area contributed by atoms with Gasteiger partial charge in [-0.15, -0.1) is 0 Å². The molecule has 1 unspecified atom stereocenters. The predicted octanol–water partition coefficient (Wildman–Crippen LogP) is 3.93. The van der Waals surface area contributed by atoms with Crippen molar-refractivity contribution in [3.05, 3.63) is 0 Å². The summed E-state index contributed by atoms with van der Waals surface area (Å²) < 4.78 is 0. The summed E-state index contributed by atoms with van der Waals surface area (Å²) in [6.45, 7) is 12.3. The van der Waals surface area contributed by atoms with Crippen LogP contribution in [0.15, 0.2) is 0 Å². The second kappa shape index (κ2) is 4.68. The zero-order valence-electron chi connectivity index (χ0n) is 11.6. The normalized spacial score (nSPS) is 30.8. The number of likely N-dealkylation sites (tertiary alicyclic amines) is 1. The molecule has 2 aliphatic rings. The molecule has 0 N–H and O–H groups in total. The summed E-state index contributed by atoms with van der Waals surface area (Å²) in [6.07, 6.45) is 7.40. The standard InChI is InChI=1S/C15H29N/c1-12(2)14-7-10-16(13(3)4)11-15(14)8-5-6-9-15/h12-14H,5-11H2,1-4H3. The van der Waals surface area contributed by atoms with E-state index >= 15 is 0 Å². The summed E-state index contributed by atoms with van der Waals surface area (Å²) >= 11 is 0. The molecule has 0 radical (unpaired) electrons. The highest BCUT2D eigenvalue weighted by Gasteiger charge is 2.46. The van der Waals surface area contributed by atoms with Gasteiger partial charge < -0.3 is 4.90 Å². The Morgan fingerprint density at radius 3 is 2.19 bits per heavy atom. The second-order valence-corrected chi connectivity index (χ2v) is 6.77. The van der Waals surface area contributed by atoms with Gasteiger partial charge in [0.25, 0.3) is 0 Å². The number of hydrogen-bond acceptors (Lipinski definition) is 1. The van der Waals surface area contributed by atoms with E-state index in [4.69, 9.17) is 0 Å². The van der Waals surface area contributed by atoms with Crippen molar-refractivity contribution in [2.45, 2.75) is 65.8 Å². The van der Waals surface area contributed by atoms with Crippen molar-refractivity contribution < 1.29 is 0 Å². The fourth-order valence-electron chi connectivity index (χ4n) is 4.30. The number of hydrogen-bond donors (Lipinski definition) is 0. The van der Waals surface area contributed by atoms with Crippen molar-refractivity contribution in [2.24, 2.45) is 17.3 Å². The smallest absolute Gasteiger partial charge is 0.00434 e. The zero-order valence-corrected chi connectivity index (χ0v) is 11.6. The van der Waals surface area contributed by atoms with E-state index in [0.29, 0.717) is 5.41 Å². The molecule has 0 bridgehead atoms. The van der Waals surface area contributed by atoms with E-state index in [9.17, 15) is 0 Å². The highest BCUT2D eigenvalue weighted by atomic mass is 15.2. The lowest BCUT2D eigenvalue weighted by Crippen LogP contribution is -2.51. The fraction of sp³-hybridized carbons (Fsp3) is 1.00. The molecule has 2 fully saturated rings. The molecule has 94 valence electrons. The molecule has 1 aliphatic heterocycles. The van der Waals surface area contributed by atoms with E-state index < -0.39 is 0 Å². The quantitative estimate of drug-likeness (QED) is 0.685. The molecule has 1 nitrogen and oxygen atoms in total. The van der Waals surface area contributed by atoms with E-state index in [-0.39, 0.29) is 0 Å². The topological polar surface area (TPSA) is 3.24 Å². The van der Waals surface area contributed by atoms with Crippen molar-refractivity contribution in [1.29, 1.82) is 0 Å². The summed E-state index contributed by atoms with van der Waals surface area (Å²) in [5.74, 6) is 1.87. The Kier molecular flexibility index (Phi) is 3.63. The molecule has 1 atom stereocenters. The van der Waals surface area contributed by atoms with Crippen molar-refractivity contribution in [3.63, 3.8) is 0 Å². The van der Waals surface area contributed by atoms with Gasteiger partial charge in [-0.25, -0.2) is 0 Å². The maximum Gasteiger partial charge on any atom is 0.00434 e. The molecule has 0 aromatic rings. The Bertz CT molecular complexity index is 226. The highest BCUT2D eigenvalue weighted by Crippen LogP contribution is 2.51. The van der Waals surface area contributed by atoms with Crippen LogP contribution in [0.2, 0.25) is 0 Å². The van der Waals surface area contributed by atoms with Crippen LogP contribution < -0.4 is 0 Å². The van der Waals surface area contributed by atoms with Crippen LogP contribution in [0.25, 0.3) is 0 Å². The third-order valence-electron chi connectivity index (χ3n) is 5.17. The first-order valence-electron chi connectivity index (χ1n) is 7.29. The van der Waals surface area contributed by atoms with E-state index in [0.717, 1.165) is 17.9 Å². The molecule has 1 saturated carbocycles. The van der Waals surface area contributed by atoms with Crippen molar-refractivity contribution in [3.8, 4) is 0 Å². The molecular weight excluding hydrogens is 194 g/mol. The van der Waals surface area contributed by atoms with Gasteiger partial charge in [-0.05, 0) is 56.9 Å². The van der Waals surface area contributed by atoms with Crippen LogP contribution in [-0.2, 0) is 0 Å². The van der Waals surface area contributed by atoms with Gasteiger partial charge in [-0.1, -0.05) is 26.7 Å². The van der Waals surface area contributed by atoms with Crippen LogP contribution in [-0.4, -0.2) is 24.0 Å². The Balaban J connectivity index is 2.13. The molecule has 0 amide bonds. The second-order valence-electron chi connectivity index (χ2n) is 6.77. The molecule has 1 aliphatic carbocycles. The monoisotopic (exact) mass is 223 g/mol. The summed E-state index contributed by atoms with van der Waals surface area (Å²) in [7, 11) is 0. The molecule has 16 heavy (non-hydrogen) atoms. The van der Waals surface area contributed by atoms with Crippen molar-refractivity contribution in [2.75, 3.05) is 13.1 Å². The molecule has 2 rings (SSSR count). The van der Waals surface area contributed by atoms with Crippen LogP contribution >= 0.6 is 0 Å². The van der Waals surface area contributed by atoms with Gasteiger partial charge in [0.15, 0.2) is 0 Å². The summed E-state index contributed by atoms with van der Waals surface area (Å²) in [5.41, 5.74) is 0.691.